The molecule has 0 fully saturated rings. The van der Waals surface area contributed by atoms with E-state index in [9.17, 15) is 0 Å². The first-order chi connectivity index (χ1) is 5.76. The third kappa shape index (κ3) is 2.32. The van der Waals surface area contributed by atoms with Gasteiger partial charge in [0.1, 0.15) is 0 Å². The molecule has 0 unspecified atom stereocenters. The normalized spacial score (nSPS) is 13.2. The van der Waals surface area contributed by atoms with Gasteiger partial charge in [0.25, 0.3) is 0 Å². The molecule has 0 radical (unpaired) electrons. The molecule has 0 saturated heterocycles. The van der Waals surface area contributed by atoms with Crippen LogP contribution in [-0.4, -0.2) is 28.0 Å². The smallest absolute Gasteiger partial charge is 0.0521 e. The minimum absolute atomic E-state index is 0.144. The Balaban J connectivity index is 2.50. The Morgan fingerprint density at radius 2 is 2.50 bits per heavy atom. The maximum Gasteiger partial charge on any atom is 0.0521 e. The first-order valence-corrected chi connectivity index (χ1v) is 4.04. The number of aliphatic hydroxyl groups excluding tert-OH is 1. The van der Waals surface area contributed by atoms with Gasteiger partial charge < -0.3 is 10.8 Å². The fourth-order valence-corrected chi connectivity index (χ4v) is 1.13. The molecule has 0 spiro atoms. The molecule has 0 aromatic carbocycles. The van der Waals surface area contributed by atoms with Crippen LogP contribution in [0.2, 0.25) is 0 Å². The summed E-state index contributed by atoms with van der Waals surface area (Å²) < 4.78 is 1.75. The van der Waals surface area contributed by atoms with E-state index in [0.717, 1.165) is 12.0 Å². The molecule has 0 aliphatic heterocycles. The third-order valence-electron chi connectivity index (χ3n) is 1.87. The number of aromatic nitrogens is 2. The van der Waals surface area contributed by atoms with Gasteiger partial charge in [-0.05, 0) is 24.4 Å². The number of nitrogens with zero attached hydrogens (tertiary/aromatic N) is 2. The van der Waals surface area contributed by atoms with Gasteiger partial charge in [-0.2, -0.15) is 5.10 Å². The highest BCUT2D eigenvalue weighted by Crippen LogP contribution is 2.05. The van der Waals surface area contributed by atoms with E-state index in [1.165, 1.54) is 0 Å². The molecular formula is C8H15N3O. The van der Waals surface area contributed by atoms with Crippen molar-refractivity contribution in [2.24, 2.45) is 18.7 Å². The summed E-state index contributed by atoms with van der Waals surface area (Å²) in [4.78, 5) is 0. The van der Waals surface area contributed by atoms with Gasteiger partial charge in [-0.1, -0.05) is 0 Å². The molecule has 0 bridgehead atoms. The van der Waals surface area contributed by atoms with Crippen LogP contribution in [0.4, 0.5) is 0 Å². The van der Waals surface area contributed by atoms with Crippen molar-refractivity contribution in [2.45, 2.75) is 6.42 Å². The van der Waals surface area contributed by atoms with Crippen LogP contribution in [0.3, 0.4) is 0 Å². The number of aliphatic hydroxyl groups is 1. The number of nitrogens with two attached hydrogens (primary N) is 1. The van der Waals surface area contributed by atoms with Crippen molar-refractivity contribution in [3.63, 3.8) is 0 Å². The van der Waals surface area contributed by atoms with Gasteiger partial charge in [-0.3, -0.25) is 4.68 Å². The maximum atomic E-state index is 8.89. The SMILES string of the molecule is Cn1cc(C[C@@H](CN)CO)cn1. The fraction of sp³-hybridized carbons (Fsp3) is 0.625. The van der Waals surface area contributed by atoms with Crippen molar-refractivity contribution < 1.29 is 5.11 Å². The summed E-state index contributed by atoms with van der Waals surface area (Å²) >= 11 is 0. The Labute approximate surface area is 72.0 Å². The van der Waals surface area contributed by atoms with Gasteiger partial charge in [0.05, 0.1) is 6.20 Å². The molecule has 1 atom stereocenters. The zero-order valence-electron chi connectivity index (χ0n) is 7.27. The second-order valence-corrected chi connectivity index (χ2v) is 3.01. The standard InChI is InChI=1S/C8H15N3O/c1-11-5-8(4-10-11)2-7(3-9)6-12/h4-5,7,12H,2-3,6,9H2,1H3/t7-/m0/s1. The van der Waals surface area contributed by atoms with E-state index >= 15 is 0 Å². The lowest BCUT2D eigenvalue weighted by Gasteiger charge is -2.08. The minimum atomic E-state index is 0.144. The number of rotatable bonds is 4. The first kappa shape index (κ1) is 9.22. The van der Waals surface area contributed by atoms with Crippen LogP contribution >= 0.6 is 0 Å². The second kappa shape index (κ2) is 4.23. The lowest BCUT2D eigenvalue weighted by atomic mass is 10.0. The van der Waals surface area contributed by atoms with Crippen LogP contribution in [0, 0.1) is 5.92 Å². The van der Waals surface area contributed by atoms with Crippen LogP contribution in [0.1, 0.15) is 5.56 Å². The fourth-order valence-electron chi connectivity index (χ4n) is 1.13. The van der Waals surface area contributed by atoms with Crippen LogP contribution in [-0.2, 0) is 13.5 Å². The van der Waals surface area contributed by atoms with E-state index in [1.54, 1.807) is 10.9 Å². The first-order valence-electron chi connectivity index (χ1n) is 4.04. The predicted octanol–water partition coefficient (Wildman–Crippen LogP) is -0.470. The molecule has 0 amide bonds. The molecule has 0 aliphatic carbocycles. The van der Waals surface area contributed by atoms with Crippen molar-refractivity contribution in [1.82, 2.24) is 9.78 Å². The topological polar surface area (TPSA) is 64.1 Å². The summed E-state index contributed by atoms with van der Waals surface area (Å²) in [5.41, 5.74) is 6.58. The summed E-state index contributed by atoms with van der Waals surface area (Å²) in [5, 5.41) is 12.9. The van der Waals surface area contributed by atoms with Crippen molar-refractivity contribution >= 4 is 0 Å². The van der Waals surface area contributed by atoms with Gasteiger partial charge >= 0.3 is 0 Å². The van der Waals surface area contributed by atoms with Gasteiger partial charge in [-0.15, -0.1) is 0 Å². The van der Waals surface area contributed by atoms with E-state index in [4.69, 9.17) is 10.8 Å². The summed E-state index contributed by atoms with van der Waals surface area (Å²) in [6.45, 7) is 0.663. The molecule has 0 aliphatic rings. The lowest BCUT2D eigenvalue weighted by Crippen LogP contribution is -2.20. The van der Waals surface area contributed by atoms with Gasteiger partial charge in [0, 0.05) is 19.9 Å². The maximum absolute atomic E-state index is 8.89. The summed E-state index contributed by atoms with van der Waals surface area (Å²) in [6.07, 6.45) is 4.55. The highest BCUT2D eigenvalue weighted by molar-refractivity contribution is 5.04. The second-order valence-electron chi connectivity index (χ2n) is 3.01. The molecule has 4 nitrogen and oxygen atoms in total. The Morgan fingerprint density at radius 1 is 1.75 bits per heavy atom. The van der Waals surface area contributed by atoms with E-state index in [-0.39, 0.29) is 12.5 Å². The average molecular weight is 169 g/mol. The Hall–Kier alpha value is -0.870. The van der Waals surface area contributed by atoms with Crippen molar-refractivity contribution in [3.8, 4) is 0 Å². The number of hydrogen-bond acceptors (Lipinski definition) is 3. The van der Waals surface area contributed by atoms with Crippen molar-refractivity contribution in [2.75, 3.05) is 13.2 Å². The molecule has 1 aromatic rings. The largest absolute Gasteiger partial charge is 0.396 e. The minimum Gasteiger partial charge on any atom is -0.396 e. The molecule has 68 valence electrons. The van der Waals surface area contributed by atoms with Crippen LogP contribution in [0.25, 0.3) is 0 Å². The van der Waals surface area contributed by atoms with E-state index in [2.05, 4.69) is 5.10 Å². The van der Waals surface area contributed by atoms with Crippen LogP contribution in [0.15, 0.2) is 12.4 Å². The van der Waals surface area contributed by atoms with Crippen molar-refractivity contribution in [1.29, 1.82) is 0 Å². The van der Waals surface area contributed by atoms with E-state index in [0.29, 0.717) is 6.54 Å². The number of aryl methyl sites for hydroxylation is 1. The lowest BCUT2D eigenvalue weighted by molar-refractivity contribution is 0.230. The van der Waals surface area contributed by atoms with Crippen molar-refractivity contribution in [3.05, 3.63) is 18.0 Å². The third-order valence-corrected chi connectivity index (χ3v) is 1.87. The van der Waals surface area contributed by atoms with Gasteiger partial charge in [0.15, 0.2) is 0 Å². The van der Waals surface area contributed by atoms with Crippen LogP contribution in [0.5, 0.6) is 0 Å². The molecule has 0 saturated carbocycles. The highest BCUT2D eigenvalue weighted by Gasteiger charge is 2.06. The molecule has 3 N–H and O–H groups in total. The Morgan fingerprint density at radius 3 is 2.92 bits per heavy atom. The summed E-state index contributed by atoms with van der Waals surface area (Å²) in [7, 11) is 1.87. The number of hydrogen-bond donors (Lipinski definition) is 2. The summed E-state index contributed by atoms with van der Waals surface area (Å²) in [5.74, 6) is 0.161. The Bertz CT molecular complexity index is 230. The molecule has 4 heteroatoms. The quantitative estimate of drug-likeness (QED) is 0.640. The highest BCUT2D eigenvalue weighted by atomic mass is 16.3. The zero-order valence-corrected chi connectivity index (χ0v) is 7.27. The molecule has 1 heterocycles. The molecule has 1 rings (SSSR count). The predicted molar refractivity (Wildman–Crippen MR) is 46.5 cm³/mol. The molecule has 1 aromatic heterocycles. The van der Waals surface area contributed by atoms with E-state index in [1.807, 2.05) is 13.2 Å². The average Bonchev–Trinajstić information content (AvgIpc) is 2.47. The molecular weight excluding hydrogens is 154 g/mol. The zero-order chi connectivity index (χ0) is 8.97. The van der Waals surface area contributed by atoms with Crippen LogP contribution < -0.4 is 5.73 Å². The summed E-state index contributed by atoms with van der Waals surface area (Å²) in [6, 6.07) is 0. The van der Waals surface area contributed by atoms with Gasteiger partial charge in [-0.25, -0.2) is 0 Å². The monoisotopic (exact) mass is 169 g/mol. The van der Waals surface area contributed by atoms with Gasteiger partial charge in [0.2, 0.25) is 0 Å². The Kier molecular flexibility index (Phi) is 3.25. The molecule has 12 heavy (non-hydrogen) atoms. The van der Waals surface area contributed by atoms with E-state index < -0.39 is 0 Å².